The molecule has 1 fully saturated rings. The maximum absolute atomic E-state index is 13.3. The molecule has 0 saturated carbocycles. The fourth-order valence-electron chi connectivity index (χ4n) is 4.27. The Labute approximate surface area is 166 Å². The first-order chi connectivity index (χ1) is 13.7. The standard InChI is InChI=1S/C18H22N8OS/c1-24-18(21-22-23-24)28-7-6-25-5-4-20-16(25)14-2-3-15-13-8-12(9-19-10-13)11-26(15)17(14)27/h2-5,12-13,19H,6-11H2,1H3/t12-,13+/m0/s1. The number of nitrogens with zero attached hydrogens (tertiary/aromatic N) is 7. The number of aryl methyl sites for hydroxylation is 2. The molecule has 5 rings (SSSR count). The minimum atomic E-state index is 0.0757. The van der Waals surface area contributed by atoms with E-state index in [9.17, 15) is 4.79 Å². The maximum Gasteiger partial charge on any atom is 0.261 e. The molecule has 0 spiro atoms. The summed E-state index contributed by atoms with van der Waals surface area (Å²) in [5.41, 5.74) is 1.90. The van der Waals surface area contributed by atoms with Crippen molar-refractivity contribution < 1.29 is 0 Å². The molecule has 9 nitrogen and oxygen atoms in total. The predicted octanol–water partition coefficient (Wildman–Crippen LogP) is 0.734. The first kappa shape index (κ1) is 17.6. The van der Waals surface area contributed by atoms with E-state index >= 15 is 0 Å². The zero-order chi connectivity index (χ0) is 19.1. The monoisotopic (exact) mass is 398 g/mol. The number of thioether (sulfide) groups is 1. The van der Waals surface area contributed by atoms with Crippen LogP contribution in [0.3, 0.4) is 0 Å². The highest BCUT2D eigenvalue weighted by atomic mass is 32.2. The van der Waals surface area contributed by atoms with Gasteiger partial charge in [-0.15, -0.1) is 5.10 Å². The number of fused-ring (bicyclic) bond motifs is 4. The number of aromatic nitrogens is 7. The molecule has 3 aromatic heterocycles. The van der Waals surface area contributed by atoms with Crippen LogP contribution in [0, 0.1) is 5.92 Å². The molecule has 0 radical (unpaired) electrons. The van der Waals surface area contributed by atoms with Crippen molar-refractivity contribution in [2.75, 3.05) is 18.8 Å². The number of hydrogen-bond donors (Lipinski definition) is 1. The number of nitrogens with one attached hydrogen (secondary N) is 1. The maximum atomic E-state index is 13.3. The van der Waals surface area contributed by atoms with Crippen LogP contribution in [0.1, 0.15) is 18.0 Å². The van der Waals surface area contributed by atoms with Gasteiger partial charge >= 0.3 is 0 Å². The molecular weight excluding hydrogens is 376 g/mol. The third-order valence-electron chi connectivity index (χ3n) is 5.61. The molecule has 2 aliphatic rings. The van der Waals surface area contributed by atoms with E-state index in [0.29, 0.717) is 17.4 Å². The second kappa shape index (κ2) is 7.17. The van der Waals surface area contributed by atoms with Crippen LogP contribution in [0.4, 0.5) is 0 Å². The van der Waals surface area contributed by atoms with Gasteiger partial charge in [-0.3, -0.25) is 4.79 Å². The molecule has 2 aliphatic heterocycles. The van der Waals surface area contributed by atoms with Crippen molar-refractivity contribution in [1.82, 2.24) is 39.6 Å². The smallest absolute Gasteiger partial charge is 0.261 e. The van der Waals surface area contributed by atoms with Gasteiger partial charge in [-0.1, -0.05) is 11.8 Å². The van der Waals surface area contributed by atoms with Crippen LogP contribution in [0.25, 0.3) is 11.4 Å². The molecule has 1 saturated heterocycles. The third-order valence-corrected chi connectivity index (χ3v) is 6.60. The van der Waals surface area contributed by atoms with Crippen LogP contribution < -0.4 is 10.9 Å². The van der Waals surface area contributed by atoms with E-state index in [1.165, 1.54) is 6.42 Å². The van der Waals surface area contributed by atoms with Crippen molar-refractivity contribution in [2.24, 2.45) is 13.0 Å². The van der Waals surface area contributed by atoms with Crippen LogP contribution >= 0.6 is 11.8 Å². The van der Waals surface area contributed by atoms with Gasteiger partial charge in [0, 0.05) is 56.4 Å². The highest BCUT2D eigenvalue weighted by molar-refractivity contribution is 7.99. The average molecular weight is 398 g/mol. The van der Waals surface area contributed by atoms with Gasteiger partial charge in [-0.2, -0.15) is 0 Å². The van der Waals surface area contributed by atoms with Gasteiger partial charge in [0.25, 0.3) is 5.56 Å². The van der Waals surface area contributed by atoms with Gasteiger partial charge in [0.15, 0.2) is 0 Å². The SMILES string of the molecule is Cn1nnnc1SCCn1ccnc1-c1ccc2n(c1=O)C[C@@H]1CNC[C@H]2C1. The summed E-state index contributed by atoms with van der Waals surface area (Å²) in [6.07, 6.45) is 4.85. The molecule has 0 aliphatic carbocycles. The van der Waals surface area contributed by atoms with Gasteiger partial charge < -0.3 is 14.5 Å². The molecule has 146 valence electrons. The quantitative estimate of drug-likeness (QED) is 0.633. The minimum absolute atomic E-state index is 0.0757. The van der Waals surface area contributed by atoms with Crippen LogP contribution in [0.15, 0.2) is 34.5 Å². The van der Waals surface area contributed by atoms with E-state index in [4.69, 9.17) is 0 Å². The molecule has 0 aromatic carbocycles. The lowest BCUT2D eigenvalue weighted by Crippen LogP contribution is -2.45. The van der Waals surface area contributed by atoms with E-state index in [1.54, 1.807) is 22.6 Å². The van der Waals surface area contributed by atoms with Crippen molar-refractivity contribution in [3.05, 3.63) is 40.6 Å². The van der Waals surface area contributed by atoms with Crippen molar-refractivity contribution in [1.29, 1.82) is 0 Å². The number of hydrogen-bond acceptors (Lipinski definition) is 7. The fourth-order valence-corrected chi connectivity index (χ4v) is 5.06. The van der Waals surface area contributed by atoms with Crippen molar-refractivity contribution in [3.8, 4) is 11.4 Å². The number of piperidine rings is 1. The Morgan fingerprint density at radius 2 is 2.25 bits per heavy atom. The number of tetrazole rings is 1. The Hall–Kier alpha value is -2.46. The Kier molecular flexibility index (Phi) is 4.52. The van der Waals surface area contributed by atoms with Gasteiger partial charge in [-0.05, 0) is 41.4 Å². The molecule has 5 heterocycles. The molecule has 0 amide bonds. The number of rotatable bonds is 5. The van der Waals surface area contributed by atoms with E-state index in [2.05, 4.69) is 31.9 Å². The molecule has 0 unspecified atom stereocenters. The predicted molar refractivity (Wildman–Crippen MR) is 105 cm³/mol. The third kappa shape index (κ3) is 3.06. The second-order valence-electron chi connectivity index (χ2n) is 7.42. The highest BCUT2D eigenvalue weighted by Gasteiger charge is 2.31. The lowest BCUT2D eigenvalue weighted by atomic mass is 9.84. The van der Waals surface area contributed by atoms with E-state index in [1.807, 2.05) is 28.4 Å². The summed E-state index contributed by atoms with van der Waals surface area (Å²) in [5.74, 6) is 2.49. The van der Waals surface area contributed by atoms with E-state index < -0.39 is 0 Å². The molecule has 3 aromatic rings. The van der Waals surface area contributed by atoms with Crippen LogP contribution in [0.5, 0.6) is 0 Å². The lowest BCUT2D eigenvalue weighted by Gasteiger charge is -2.37. The highest BCUT2D eigenvalue weighted by Crippen LogP contribution is 2.32. The normalized spacial score (nSPS) is 20.9. The topological polar surface area (TPSA) is 95.4 Å². The van der Waals surface area contributed by atoms with Gasteiger partial charge in [0.05, 0.1) is 5.56 Å². The van der Waals surface area contributed by atoms with Crippen LogP contribution in [-0.4, -0.2) is 53.2 Å². The van der Waals surface area contributed by atoms with Crippen LogP contribution in [0.2, 0.25) is 0 Å². The first-order valence-corrected chi connectivity index (χ1v) is 10.5. The second-order valence-corrected chi connectivity index (χ2v) is 8.48. The summed E-state index contributed by atoms with van der Waals surface area (Å²) in [6, 6.07) is 4.06. The van der Waals surface area contributed by atoms with Gasteiger partial charge in [-0.25, -0.2) is 9.67 Å². The van der Waals surface area contributed by atoms with Crippen molar-refractivity contribution >= 4 is 11.8 Å². The largest absolute Gasteiger partial charge is 0.330 e. The Morgan fingerprint density at radius 3 is 3.11 bits per heavy atom. The number of pyridine rings is 1. The Bertz CT molecular complexity index is 1050. The summed E-state index contributed by atoms with van der Waals surface area (Å²) in [4.78, 5) is 17.7. The molecule has 2 atom stereocenters. The fraction of sp³-hybridized carbons (Fsp3) is 0.500. The molecule has 1 N–H and O–H groups in total. The van der Waals surface area contributed by atoms with Gasteiger partial charge in [0.1, 0.15) is 5.82 Å². The van der Waals surface area contributed by atoms with Crippen molar-refractivity contribution in [3.63, 3.8) is 0 Å². The van der Waals surface area contributed by atoms with Crippen molar-refractivity contribution in [2.45, 2.75) is 30.6 Å². The summed E-state index contributed by atoms with van der Waals surface area (Å²) in [7, 11) is 1.82. The summed E-state index contributed by atoms with van der Waals surface area (Å²) in [5, 5.41) is 15.7. The summed E-state index contributed by atoms with van der Waals surface area (Å²) < 4.78 is 5.67. The number of imidazole rings is 1. The van der Waals surface area contributed by atoms with Crippen LogP contribution in [-0.2, 0) is 20.1 Å². The first-order valence-electron chi connectivity index (χ1n) is 9.52. The minimum Gasteiger partial charge on any atom is -0.330 e. The summed E-state index contributed by atoms with van der Waals surface area (Å²) >= 11 is 1.58. The molecular formula is C18H22N8OS. The molecule has 28 heavy (non-hydrogen) atoms. The Morgan fingerprint density at radius 1 is 1.32 bits per heavy atom. The molecule has 2 bridgehead atoms. The summed E-state index contributed by atoms with van der Waals surface area (Å²) in [6.45, 7) is 3.47. The van der Waals surface area contributed by atoms with E-state index in [0.717, 1.165) is 48.6 Å². The average Bonchev–Trinajstić information content (AvgIpc) is 3.32. The lowest BCUT2D eigenvalue weighted by molar-refractivity contribution is 0.257. The Balaban J connectivity index is 1.40. The van der Waals surface area contributed by atoms with Gasteiger partial charge in [0.2, 0.25) is 5.16 Å². The molecule has 10 heteroatoms. The zero-order valence-corrected chi connectivity index (χ0v) is 16.5. The zero-order valence-electron chi connectivity index (χ0n) is 15.7. The van der Waals surface area contributed by atoms with E-state index in [-0.39, 0.29) is 5.56 Å².